The number of aryl methyl sites for hydroxylation is 1. The Bertz CT molecular complexity index is 984. The Hall–Kier alpha value is 0.0100. The Morgan fingerprint density at radius 3 is 2.23 bits per heavy atom. The molecule has 0 aliphatic heterocycles. The molecule has 0 unspecified atom stereocenters. The van der Waals surface area contributed by atoms with Crippen LogP contribution in [0.1, 0.15) is 41.3 Å². The van der Waals surface area contributed by atoms with Gasteiger partial charge in [-0.3, -0.25) is 4.55 Å². The number of esters is 1. The maximum atomic E-state index is 12.7. The van der Waals surface area contributed by atoms with Crippen molar-refractivity contribution in [3.8, 4) is 5.75 Å². The molecule has 0 spiro atoms. The zero-order valence-electron chi connectivity index (χ0n) is 14.0. The number of halogens is 3. The van der Waals surface area contributed by atoms with E-state index in [1.165, 1.54) is 12.1 Å². The van der Waals surface area contributed by atoms with Crippen LogP contribution < -0.4 is 4.74 Å². The largest absolute Gasteiger partial charge is 0.421 e. The number of rotatable bonds is 4. The number of ether oxygens (including phenoxy) is 1. The van der Waals surface area contributed by atoms with Crippen molar-refractivity contribution in [2.75, 3.05) is 0 Å². The Morgan fingerprint density at radius 1 is 1.12 bits per heavy atom. The molecule has 2 rings (SSSR count). The van der Waals surface area contributed by atoms with Crippen LogP contribution in [0.4, 0.5) is 0 Å². The van der Waals surface area contributed by atoms with E-state index in [1.54, 1.807) is 20.8 Å². The molecule has 0 aromatic heterocycles. The molecule has 0 saturated carbocycles. The molecule has 0 heterocycles. The highest BCUT2D eigenvalue weighted by Gasteiger charge is 2.24. The SMILES string of the molecule is Cc1cc(S(=O)(=O)O)c(C(C)C)cc1C(=O)Oc1c(I)ccc(I)c1I. The molecule has 0 saturated heterocycles. The van der Waals surface area contributed by atoms with Crippen LogP contribution in [-0.2, 0) is 10.1 Å². The molecule has 0 radical (unpaired) electrons. The first kappa shape index (κ1) is 22.3. The molecule has 0 atom stereocenters. The molecule has 26 heavy (non-hydrogen) atoms. The van der Waals surface area contributed by atoms with Gasteiger partial charge in [-0.1, -0.05) is 13.8 Å². The predicted molar refractivity (Wildman–Crippen MR) is 125 cm³/mol. The van der Waals surface area contributed by atoms with Gasteiger partial charge >= 0.3 is 5.97 Å². The number of carbonyl (C=O) groups excluding carboxylic acids is 1. The van der Waals surface area contributed by atoms with Crippen molar-refractivity contribution in [1.82, 2.24) is 0 Å². The molecular formula is C17H15I3O5S. The summed E-state index contributed by atoms with van der Waals surface area (Å²) in [5.41, 5.74) is 1.06. The molecule has 140 valence electrons. The first-order valence-corrected chi connectivity index (χ1v) is 12.1. The third kappa shape index (κ3) is 4.89. The van der Waals surface area contributed by atoms with Crippen LogP contribution >= 0.6 is 67.8 Å². The van der Waals surface area contributed by atoms with Crippen molar-refractivity contribution in [2.45, 2.75) is 31.6 Å². The minimum Gasteiger partial charge on any atom is -0.421 e. The van der Waals surface area contributed by atoms with Gasteiger partial charge in [0.05, 0.1) is 17.6 Å². The van der Waals surface area contributed by atoms with Crippen molar-refractivity contribution >= 4 is 83.9 Å². The predicted octanol–water partition coefficient (Wildman–Crippen LogP) is 5.40. The first-order chi connectivity index (χ1) is 11.9. The molecule has 0 bridgehead atoms. The zero-order valence-corrected chi connectivity index (χ0v) is 21.3. The minimum absolute atomic E-state index is 0.181. The number of carbonyl (C=O) groups is 1. The van der Waals surface area contributed by atoms with E-state index < -0.39 is 16.1 Å². The maximum absolute atomic E-state index is 12.7. The summed E-state index contributed by atoms with van der Waals surface area (Å²) in [6.45, 7) is 5.19. The fourth-order valence-corrected chi connectivity index (χ4v) is 5.34. The van der Waals surface area contributed by atoms with Crippen molar-refractivity contribution in [2.24, 2.45) is 0 Å². The first-order valence-electron chi connectivity index (χ1n) is 7.41. The second-order valence-electron chi connectivity index (χ2n) is 5.90. The summed E-state index contributed by atoms with van der Waals surface area (Å²) >= 11 is 6.39. The molecule has 9 heteroatoms. The summed E-state index contributed by atoms with van der Waals surface area (Å²) in [4.78, 5) is 12.6. The zero-order chi connectivity index (χ0) is 19.8. The van der Waals surface area contributed by atoms with E-state index in [0.29, 0.717) is 16.9 Å². The highest BCUT2D eigenvalue weighted by Crippen LogP contribution is 2.33. The quantitative estimate of drug-likeness (QED) is 0.151. The van der Waals surface area contributed by atoms with Gasteiger partial charge in [0.2, 0.25) is 0 Å². The lowest BCUT2D eigenvalue weighted by atomic mass is 9.97. The maximum Gasteiger partial charge on any atom is 0.343 e. The summed E-state index contributed by atoms with van der Waals surface area (Å²) in [6, 6.07) is 6.59. The van der Waals surface area contributed by atoms with E-state index in [9.17, 15) is 17.8 Å². The average Bonchev–Trinajstić information content (AvgIpc) is 2.53. The van der Waals surface area contributed by atoms with E-state index in [-0.39, 0.29) is 16.4 Å². The minimum atomic E-state index is -4.38. The van der Waals surface area contributed by atoms with Gasteiger partial charge in [0.1, 0.15) is 0 Å². The van der Waals surface area contributed by atoms with Crippen molar-refractivity contribution in [3.63, 3.8) is 0 Å². The highest BCUT2D eigenvalue weighted by atomic mass is 127. The summed E-state index contributed by atoms with van der Waals surface area (Å²) < 4.78 is 41.0. The van der Waals surface area contributed by atoms with Crippen molar-refractivity contribution < 1.29 is 22.5 Å². The van der Waals surface area contributed by atoms with Gasteiger partial charge in [0.15, 0.2) is 5.75 Å². The van der Waals surface area contributed by atoms with E-state index in [1.807, 2.05) is 12.1 Å². The second-order valence-corrected chi connectivity index (χ2v) is 10.7. The van der Waals surface area contributed by atoms with Crippen LogP contribution in [0.25, 0.3) is 0 Å². The van der Waals surface area contributed by atoms with Gasteiger partial charge in [0.25, 0.3) is 10.1 Å². The fraction of sp³-hybridized carbons (Fsp3) is 0.235. The molecule has 5 nitrogen and oxygen atoms in total. The van der Waals surface area contributed by atoms with Gasteiger partial charge < -0.3 is 4.74 Å². The molecule has 0 amide bonds. The molecule has 2 aromatic carbocycles. The van der Waals surface area contributed by atoms with Crippen LogP contribution in [0.5, 0.6) is 5.75 Å². The van der Waals surface area contributed by atoms with Gasteiger partial charge in [0, 0.05) is 3.57 Å². The van der Waals surface area contributed by atoms with Gasteiger partial charge in [-0.25, -0.2) is 4.79 Å². The van der Waals surface area contributed by atoms with E-state index >= 15 is 0 Å². The van der Waals surface area contributed by atoms with Crippen molar-refractivity contribution in [1.29, 1.82) is 0 Å². The smallest absolute Gasteiger partial charge is 0.343 e. The summed E-state index contributed by atoms with van der Waals surface area (Å²) in [7, 11) is -4.38. The molecule has 0 aliphatic rings. The molecular weight excluding hydrogens is 697 g/mol. The number of hydrogen-bond donors (Lipinski definition) is 1. The lowest BCUT2D eigenvalue weighted by Gasteiger charge is -2.16. The molecule has 0 aliphatic carbocycles. The van der Waals surface area contributed by atoms with Crippen molar-refractivity contribution in [3.05, 3.63) is 51.7 Å². The normalized spacial score (nSPS) is 11.7. The van der Waals surface area contributed by atoms with Gasteiger partial charge in [-0.05, 0) is 116 Å². The third-order valence-corrected chi connectivity index (χ3v) is 8.43. The second kappa shape index (κ2) is 8.57. The van der Waals surface area contributed by atoms with Crippen LogP contribution in [0, 0.1) is 17.6 Å². The highest BCUT2D eigenvalue weighted by molar-refractivity contribution is 14.1. The van der Waals surface area contributed by atoms with E-state index in [0.717, 1.165) is 10.7 Å². The Morgan fingerprint density at radius 2 is 1.69 bits per heavy atom. The fourth-order valence-electron chi connectivity index (χ4n) is 2.34. The molecule has 2 aromatic rings. The number of hydrogen-bond acceptors (Lipinski definition) is 4. The van der Waals surface area contributed by atoms with E-state index in [4.69, 9.17) is 4.74 Å². The van der Waals surface area contributed by atoms with E-state index in [2.05, 4.69) is 67.8 Å². The standard InChI is InChI=1S/C17H15I3O5S/c1-8(2)10-7-11(9(3)6-14(10)26(22,23)24)17(21)25-16-13(19)5-4-12(18)15(16)20/h4-8H,1-3H3,(H,22,23,24). The lowest BCUT2D eigenvalue weighted by Crippen LogP contribution is -2.15. The average molecular weight is 712 g/mol. The summed E-state index contributed by atoms with van der Waals surface area (Å²) in [5.74, 6) is -0.284. The summed E-state index contributed by atoms with van der Waals surface area (Å²) in [5, 5.41) is 0. The monoisotopic (exact) mass is 712 g/mol. The molecule has 1 N–H and O–H groups in total. The Labute approximate surface area is 193 Å². The summed E-state index contributed by atoms with van der Waals surface area (Å²) in [6.07, 6.45) is 0. The topological polar surface area (TPSA) is 80.7 Å². The van der Waals surface area contributed by atoms with Crippen LogP contribution in [0.15, 0.2) is 29.2 Å². The Balaban J connectivity index is 2.54. The Kier molecular flexibility index (Phi) is 7.35. The van der Waals surface area contributed by atoms with Gasteiger partial charge in [-0.2, -0.15) is 8.42 Å². The van der Waals surface area contributed by atoms with Crippen LogP contribution in [0.3, 0.4) is 0 Å². The molecule has 0 fully saturated rings. The number of benzene rings is 2. The van der Waals surface area contributed by atoms with Crippen LogP contribution in [0.2, 0.25) is 0 Å². The van der Waals surface area contributed by atoms with Crippen LogP contribution in [-0.4, -0.2) is 18.9 Å². The third-order valence-electron chi connectivity index (χ3n) is 3.67. The lowest BCUT2D eigenvalue weighted by molar-refractivity contribution is 0.0731. The van der Waals surface area contributed by atoms with Gasteiger partial charge in [-0.15, -0.1) is 0 Å².